The second kappa shape index (κ2) is 4.20. The first-order valence-corrected chi connectivity index (χ1v) is 5.71. The van der Waals surface area contributed by atoms with E-state index in [0.717, 1.165) is 5.52 Å². The molecule has 4 heteroatoms. The standard InChI is InChI=1S/C13H16N2O2/c1-8(2)9(3)15-7-14-11-6-4-5-10(12(11)15)13(16)17/h4-9H,1-3H3,(H,16,17). The van der Waals surface area contributed by atoms with Crippen molar-refractivity contribution < 1.29 is 9.90 Å². The van der Waals surface area contributed by atoms with E-state index in [4.69, 9.17) is 0 Å². The van der Waals surface area contributed by atoms with Crippen molar-refractivity contribution in [2.75, 3.05) is 0 Å². The number of benzene rings is 1. The van der Waals surface area contributed by atoms with Gasteiger partial charge in [0.15, 0.2) is 0 Å². The van der Waals surface area contributed by atoms with Crippen LogP contribution in [-0.2, 0) is 0 Å². The number of imidazole rings is 1. The van der Waals surface area contributed by atoms with Gasteiger partial charge in [0.2, 0.25) is 0 Å². The minimum Gasteiger partial charge on any atom is -0.478 e. The molecule has 1 N–H and O–H groups in total. The summed E-state index contributed by atoms with van der Waals surface area (Å²) in [6, 6.07) is 5.41. The van der Waals surface area contributed by atoms with Crippen LogP contribution in [0.3, 0.4) is 0 Å². The van der Waals surface area contributed by atoms with Crippen molar-refractivity contribution >= 4 is 17.0 Å². The third kappa shape index (κ3) is 1.90. The minimum absolute atomic E-state index is 0.223. The Hall–Kier alpha value is -1.84. The molecule has 0 bridgehead atoms. The van der Waals surface area contributed by atoms with Gasteiger partial charge < -0.3 is 9.67 Å². The number of nitrogens with zero attached hydrogens (tertiary/aromatic N) is 2. The second-order valence-electron chi connectivity index (χ2n) is 4.61. The second-order valence-corrected chi connectivity index (χ2v) is 4.61. The van der Waals surface area contributed by atoms with Gasteiger partial charge in [0.1, 0.15) is 0 Å². The van der Waals surface area contributed by atoms with Crippen molar-refractivity contribution in [2.24, 2.45) is 5.92 Å². The number of fused-ring (bicyclic) bond motifs is 1. The summed E-state index contributed by atoms with van der Waals surface area (Å²) in [7, 11) is 0. The average Bonchev–Trinajstić information content (AvgIpc) is 2.70. The smallest absolute Gasteiger partial charge is 0.337 e. The van der Waals surface area contributed by atoms with E-state index in [2.05, 4.69) is 25.8 Å². The van der Waals surface area contributed by atoms with Crippen LogP contribution < -0.4 is 0 Å². The van der Waals surface area contributed by atoms with Gasteiger partial charge in [0.25, 0.3) is 0 Å². The maximum Gasteiger partial charge on any atom is 0.337 e. The summed E-state index contributed by atoms with van der Waals surface area (Å²) in [6.07, 6.45) is 1.72. The molecule has 4 nitrogen and oxygen atoms in total. The molecule has 0 spiro atoms. The molecule has 90 valence electrons. The van der Waals surface area contributed by atoms with Crippen molar-refractivity contribution in [3.05, 3.63) is 30.1 Å². The zero-order chi connectivity index (χ0) is 12.6. The van der Waals surface area contributed by atoms with Crippen molar-refractivity contribution in [3.8, 4) is 0 Å². The van der Waals surface area contributed by atoms with Gasteiger partial charge in [-0.1, -0.05) is 19.9 Å². The fourth-order valence-electron chi connectivity index (χ4n) is 1.89. The maximum absolute atomic E-state index is 11.2. The lowest BCUT2D eigenvalue weighted by atomic mass is 10.1. The highest BCUT2D eigenvalue weighted by atomic mass is 16.4. The Labute approximate surface area is 99.9 Å². The first kappa shape index (κ1) is 11.6. The molecule has 2 rings (SSSR count). The maximum atomic E-state index is 11.2. The molecule has 1 aromatic carbocycles. The van der Waals surface area contributed by atoms with Gasteiger partial charge in [0, 0.05) is 6.04 Å². The van der Waals surface area contributed by atoms with E-state index in [1.54, 1.807) is 18.5 Å². The number of hydrogen-bond donors (Lipinski definition) is 1. The quantitative estimate of drug-likeness (QED) is 0.885. The molecule has 0 aliphatic rings. The summed E-state index contributed by atoms with van der Waals surface area (Å²) in [4.78, 5) is 15.5. The Morgan fingerprint density at radius 3 is 2.65 bits per heavy atom. The monoisotopic (exact) mass is 232 g/mol. The topological polar surface area (TPSA) is 55.1 Å². The number of aromatic nitrogens is 2. The lowest BCUT2D eigenvalue weighted by Crippen LogP contribution is -2.12. The molecular weight excluding hydrogens is 216 g/mol. The minimum atomic E-state index is -0.909. The van der Waals surface area contributed by atoms with Crippen LogP contribution in [0.2, 0.25) is 0 Å². The number of carbonyl (C=O) groups is 1. The zero-order valence-corrected chi connectivity index (χ0v) is 10.2. The van der Waals surface area contributed by atoms with E-state index in [1.807, 2.05) is 10.6 Å². The molecule has 0 amide bonds. The van der Waals surface area contributed by atoms with Crippen LogP contribution in [-0.4, -0.2) is 20.6 Å². The molecule has 1 atom stereocenters. The summed E-state index contributed by atoms with van der Waals surface area (Å²) in [5, 5.41) is 9.20. The van der Waals surface area contributed by atoms with Gasteiger partial charge in [-0.25, -0.2) is 9.78 Å². The highest BCUT2D eigenvalue weighted by Gasteiger charge is 2.17. The van der Waals surface area contributed by atoms with E-state index >= 15 is 0 Å². The van der Waals surface area contributed by atoms with Crippen LogP contribution in [0, 0.1) is 5.92 Å². The third-order valence-corrected chi connectivity index (χ3v) is 3.23. The number of para-hydroxylation sites is 1. The molecule has 0 aliphatic carbocycles. The number of carboxylic acid groups (broad SMARTS) is 1. The van der Waals surface area contributed by atoms with E-state index in [9.17, 15) is 9.90 Å². The van der Waals surface area contributed by atoms with Gasteiger partial charge in [-0.05, 0) is 25.0 Å². The van der Waals surface area contributed by atoms with Gasteiger partial charge in [-0.2, -0.15) is 0 Å². The van der Waals surface area contributed by atoms with Crippen molar-refractivity contribution in [2.45, 2.75) is 26.8 Å². The SMILES string of the molecule is CC(C)C(C)n1cnc2cccc(C(=O)O)c21. The molecule has 0 aliphatic heterocycles. The molecule has 0 fully saturated rings. The number of rotatable bonds is 3. The summed E-state index contributed by atoms with van der Waals surface area (Å²) in [6.45, 7) is 6.30. The summed E-state index contributed by atoms with van der Waals surface area (Å²) in [5.41, 5.74) is 1.76. The van der Waals surface area contributed by atoms with Crippen molar-refractivity contribution in [1.82, 2.24) is 9.55 Å². The fraction of sp³-hybridized carbons (Fsp3) is 0.385. The third-order valence-electron chi connectivity index (χ3n) is 3.23. The van der Waals surface area contributed by atoms with Crippen LogP contribution in [0.4, 0.5) is 0 Å². The molecule has 0 saturated carbocycles. The van der Waals surface area contributed by atoms with Gasteiger partial charge in [-0.3, -0.25) is 0 Å². The molecule has 1 heterocycles. The largest absolute Gasteiger partial charge is 0.478 e. The normalized spacial score (nSPS) is 13.2. The van der Waals surface area contributed by atoms with Crippen LogP contribution in [0.1, 0.15) is 37.2 Å². The van der Waals surface area contributed by atoms with Crippen LogP contribution in [0.25, 0.3) is 11.0 Å². The summed E-state index contributed by atoms with van der Waals surface area (Å²) < 4.78 is 1.95. The average molecular weight is 232 g/mol. The van der Waals surface area contributed by atoms with Gasteiger partial charge in [-0.15, -0.1) is 0 Å². The molecular formula is C13H16N2O2. The highest BCUT2D eigenvalue weighted by molar-refractivity contribution is 6.01. The molecule has 0 saturated heterocycles. The van der Waals surface area contributed by atoms with Crippen molar-refractivity contribution in [1.29, 1.82) is 0 Å². The molecule has 17 heavy (non-hydrogen) atoms. The van der Waals surface area contributed by atoms with Gasteiger partial charge >= 0.3 is 5.97 Å². The first-order valence-electron chi connectivity index (χ1n) is 5.71. The van der Waals surface area contributed by atoms with E-state index in [-0.39, 0.29) is 6.04 Å². The van der Waals surface area contributed by atoms with Crippen LogP contribution in [0.15, 0.2) is 24.5 Å². The number of aromatic carboxylic acids is 1. The Balaban J connectivity index is 2.69. The Kier molecular flexibility index (Phi) is 2.88. The predicted molar refractivity (Wildman–Crippen MR) is 66.2 cm³/mol. The molecule has 1 aromatic heterocycles. The fourth-order valence-corrected chi connectivity index (χ4v) is 1.89. The number of hydrogen-bond acceptors (Lipinski definition) is 2. The summed E-state index contributed by atoms with van der Waals surface area (Å²) in [5.74, 6) is -0.484. The molecule has 2 aromatic rings. The highest BCUT2D eigenvalue weighted by Crippen LogP contribution is 2.25. The Bertz CT molecular complexity index is 558. The van der Waals surface area contributed by atoms with E-state index < -0.39 is 5.97 Å². The van der Waals surface area contributed by atoms with E-state index in [0.29, 0.717) is 17.0 Å². The first-order chi connectivity index (χ1) is 8.02. The van der Waals surface area contributed by atoms with E-state index in [1.165, 1.54) is 0 Å². The molecule has 0 radical (unpaired) electrons. The van der Waals surface area contributed by atoms with Crippen LogP contribution >= 0.6 is 0 Å². The zero-order valence-electron chi connectivity index (χ0n) is 10.2. The van der Waals surface area contributed by atoms with Gasteiger partial charge in [0.05, 0.1) is 22.9 Å². The van der Waals surface area contributed by atoms with Crippen molar-refractivity contribution in [3.63, 3.8) is 0 Å². The Morgan fingerprint density at radius 2 is 2.06 bits per heavy atom. The predicted octanol–water partition coefficient (Wildman–Crippen LogP) is 2.95. The summed E-state index contributed by atoms with van der Waals surface area (Å²) >= 11 is 0. The lowest BCUT2D eigenvalue weighted by Gasteiger charge is -2.18. The molecule has 1 unspecified atom stereocenters. The Morgan fingerprint density at radius 1 is 1.35 bits per heavy atom. The lowest BCUT2D eigenvalue weighted by molar-refractivity contribution is 0.0698. The van der Waals surface area contributed by atoms with Crippen LogP contribution in [0.5, 0.6) is 0 Å². The number of carboxylic acids is 1.